The van der Waals surface area contributed by atoms with Crippen molar-refractivity contribution >= 4 is 21.5 Å². The highest BCUT2D eigenvalue weighted by Crippen LogP contribution is 2.35. The highest BCUT2D eigenvalue weighted by molar-refractivity contribution is 5.88. The monoisotopic (exact) mass is 538 g/mol. The van der Waals surface area contributed by atoms with Gasteiger partial charge in [-0.3, -0.25) is 0 Å². The van der Waals surface area contributed by atoms with E-state index >= 15 is 0 Å². The van der Waals surface area contributed by atoms with E-state index in [0.29, 0.717) is 5.92 Å². The van der Waals surface area contributed by atoms with Crippen molar-refractivity contribution in [3.63, 3.8) is 0 Å². The molecule has 1 aliphatic rings. The first-order valence-electron chi connectivity index (χ1n) is 14.8. The second kappa shape index (κ2) is 13.5. The van der Waals surface area contributed by atoms with Crippen LogP contribution in [0.5, 0.6) is 5.75 Å². The van der Waals surface area contributed by atoms with E-state index in [1.165, 1.54) is 22.8 Å². The SMILES string of the molecule is C=CC(CCCCCCC(C)C1O[C@H](CO)[C@@H](O)[C@@H]1Oc1cccc2ccccc12)c1cccc2ccccc12. The van der Waals surface area contributed by atoms with E-state index in [9.17, 15) is 10.2 Å². The molecule has 6 atom stereocenters. The first kappa shape index (κ1) is 28.4. The molecule has 3 unspecified atom stereocenters. The molecule has 4 aromatic rings. The maximum absolute atomic E-state index is 11.0. The summed E-state index contributed by atoms with van der Waals surface area (Å²) >= 11 is 0. The Morgan fingerprint density at radius 1 is 0.825 bits per heavy atom. The third-order valence-corrected chi connectivity index (χ3v) is 8.56. The summed E-state index contributed by atoms with van der Waals surface area (Å²) in [5, 5.41) is 25.5. The summed E-state index contributed by atoms with van der Waals surface area (Å²) in [7, 11) is 0. The lowest BCUT2D eigenvalue weighted by Gasteiger charge is -2.27. The number of fused-ring (bicyclic) bond motifs is 2. The first-order valence-corrected chi connectivity index (χ1v) is 14.8. The lowest BCUT2D eigenvalue weighted by molar-refractivity contribution is -0.0401. The first-order chi connectivity index (χ1) is 19.6. The second-order valence-corrected chi connectivity index (χ2v) is 11.3. The van der Waals surface area contributed by atoms with E-state index in [-0.39, 0.29) is 18.6 Å². The van der Waals surface area contributed by atoms with Crippen LogP contribution in [-0.2, 0) is 4.74 Å². The number of benzene rings is 4. The molecule has 4 nitrogen and oxygen atoms in total. The third kappa shape index (κ3) is 6.25. The third-order valence-electron chi connectivity index (χ3n) is 8.56. The number of rotatable bonds is 13. The van der Waals surface area contributed by atoms with Gasteiger partial charge in [-0.15, -0.1) is 6.58 Å². The van der Waals surface area contributed by atoms with Gasteiger partial charge in [-0.2, -0.15) is 0 Å². The molecule has 1 aliphatic heterocycles. The molecule has 1 heterocycles. The zero-order chi connectivity index (χ0) is 27.9. The van der Waals surface area contributed by atoms with Crippen LogP contribution in [0.4, 0.5) is 0 Å². The highest BCUT2D eigenvalue weighted by atomic mass is 16.6. The Hall–Kier alpha value is -3.18. The van der Waals surface area contributed by atoms with Crippen LogP contribution in [0.3, 0.4) is 0 Å². The summed E-state index contributed by atoms with van der Waals surface area (Å²) in [6.07, 6.45) is 6.46. The molecular formula is C36H42O4. The number of ether oxygens (including phenoxy) is 2. The van der Waals surface area contributed by atoms with Crippen LogP contribution in [0, 0.1) is 5.92 Å². The fourth-order valence-corrected chi connectivity index (χ4v) is 6.28. The molecule has 1 fully saturated rings. The van der Waals surface area contributed by atoms with Crippen molar-refractivity contribution in [3.8, 4) is 5.75 Å². The van der Waals surface area contributed by atoms with Gasteiger partial charge in [-0.1, -0.05) is 118 Å². The maximum Gasteiger partial charge on any atom is 0.153 e. The Balaban J connectivity index is 1.13. The van der Waals surface area contributed by atoms with Crippen LogP contribution in [0.2, 0.25) is 0 Å². The van der Waals surface area contributed by atoms with Gasteiger partial charge in [0.05, 0.1) is 6.61 Å². The van der Waals surface area contributed by atoms with Gasteiger partial charge in [0.1, 0.15) is 24.1 Å². The predicted molar refractivity (Wildman–Crippen MR) is 164 cm³/mol. The minimum Gasteiger partial charge on any atom is -0.484 e. The maximum atomic E-state index is 11.0. The topological polar surface area (TPSA) is 58.9 Å². The minimum absolute atomic E-state index is 0.197. The van der Waals surface area contributed by atoms with Crippen molar-refractivity contribution in [3.05, 3.63) is 103 Å². The average molecular weight is 539 g/mol. The number of hydrogen-bond acceptors (Lipinski definition) is 4. The van der Waals surface area contributed by atoms with Crippen molar-refractivity contribution in [2.75, 3.05) is 6.61 Å². The number of hydrogen-bond donors (Lipinski definition) is 2. The molecule has 2 N–H and O–H groups in total. The van der Waals surface area contributed by atoms with Crippen LogP contribution in [0.15, 0.2) is 97.6 Å². The summed E-state index contributed by atoms with van der Waals surface area (Å²) in [5.41, 5.74) is 1.37. The Labute approximate surface area is 238 Å². The predicted octanol–water partition coefficient (Wildman–Crippen LogP) is 7.81. The van der Waals surface area contributed by atoms with Gasteiger partial charge < -0.3 is 19.7 Å². The van der Waals surface area contributed by atoms with Crippen LogP contribution in [0.1, 0.15) is 56.9 Å². The quantitative estimate of drug-likeness (QED) is 0.135. The van der Waals surface area contributed by atoms with Crippen LogP contribution in [0.25, 0.3) is 21.5 Å². The van der Waals surface area contributed by atoms with Crippen molar-refractivity contribution in [2.45, 2.75) is 75.8 Å². The van der Waals surface area contributed by atoms with Crippen molar-refractivity contribution in [1.82, 2.24) is 0 Å². The smallest absolute Gasteiger partial charge is 0.153 e. The number of unbranched alkanes of at least 4 members (excludes halogenated alkanes) is 3. The zero-order valence-electron chi connectivity index (χ0n) is 23.5. The average Bonchev–Trinajstić information content (AvgIpc) is 3.31. The Morgan fingerprint density at radius 2 is 1.45 bits per heavy atom. The summed E-state index contributed by atoms with van der Waals surface area (Å²) < 4.78 is 12.6. The molecule has 0 amide bonds. The van der Waals surface area contributed by atoms with Crippen LogP contribution >= 0.6 is 0 Å². The van der Waals surface area contributed by atoms with Crippen LogP contribution in [-0.4, -0.2) is 41.2 Å². The molecule has 0 saturated carbocycles. The zero-order valence-corrected chi connectivity index (χ0v) is 23.5. The van der Waals surface area contributed by atoms with Gasteiger partial charge in [-0.05, 0) is 46.5 Å². The molecule has 0 spiro atoms. The fourth-order valence-electron chi connectivity index (χ4n) is 6.28. The standard InChI is InChI=1S/C36H42O4/c1-3-26(29-22-12-18-27-16-8-10-20-30(27)29)15-7-5-4-6-14-25(2)35-36(34(38)33(24-37)40-35)39-32-23-13-19-28-17-9-11-21-31(28)32/h3,8-13,16-23,25-26,33-38H,1,4-7,14-15,24H2,2H3/t25?,26?,33-,34-,35?,36+/m1/s1. The summed E-state index contributed by atoms with van der Waals surface area (Å²) in [6, 6.07) is 29.2. The number of allylic oxidation sites excluding steroid dienone is 1. The van der Waals surface area contributed by atoms with E-state index in [2.05, 4.69) is 74.2 Å². The molecule has 0 radical (unpaired) electrons. The van der Waals surface area contributed by atoms with Gasteiger partial charge in [-0.25, -0.2) is 0 Å². The summed E-state index contributed by atoms with van der Waals surface area (Å²) in [6.45, 7) is 6.09. The number of aliphatic hydroxyl groups is 2. The van der Waals surface area contributed by atoms with Gasteiger partial charge in [0, 0.05) is 11.3 Å². The van der Waals surface area contributed by atoms with Crippen molar-refractivity contribution in [1.29, 1.82) is 0 Å². The van der Waals surface area contributed by atoms with Crippen molar-refractivity contribution < 1.29 is 19.7 Å². The summed E-state index contributed by atoms with van der Waals surface area (Å²) in [4.78, 5) is 0. The normalized spacial score (nSPS) is 22.4. The molecule has 0 aliphatic carbocycles. The molecule has 0 aromatic heterocycles. The molecule has 4 aromatic carbocycles. The van der Waals surface area contributed by atoms with E-state index in [4.69, 9.17) is 9.47 Å². The molecule has 1 saturated heterocycles. The van der Waals surface area contributed by atoms with E-state index < -0.39 is 18.3 Å². The second-order valence-electron chi connectivity index (χ2n) is 11.3. The Bertz CT molecular complexity index is 1390. The van der Waals surface area contributed by atoms with Gasteiger partial charge in [0.25, 0.3) is 0 Å². The van der Waals surface area contributed by atoms with E-state index in [0.717, 1.165) is 48.6 Å². The van der Waals surface area contributed by atoms with Crippen molar-refractivity contribution in [2.24, 2.45) is 5.92 Å². The molecule has 5 rings (SSSR count). The molecule has 4 heteroatoms. The molecular weight excluding hydrogens is 496 g/mol. The largest absolute Gasteiger partial charge is 0.484 e. The lowest BCUT2D eigenvalue weighted by atomic mass is 9.89. The lowest BCUT2D eigenvalue weighted by Crippen LogP contribution is -2.40. The van der Waals surface area contributed by atoms with Gasteiger partial charge in [0.15, 0.2) is 6.10 Å². The minimum atomic E-state index is -0.874. The van der Waals surface area contributed by atoms with E-state index in [1.807, 2.05) is 30.3 Å². The van der Waals surface area contributed by atoms with Gasteiger partial charge >= 0.3 is 0 Å². The molecule has 0 bridgehead atoms. The number of aliphatic hydroxyl groups excluding tert-OH is 2. The summed E-state index contributed by atoms with van der Waals surface area (Å²) in [5.74, 6) is 1.30. The molecule has 210 valence electrons. The fraction of sp³-hybridized carbons (Fsp3) is 0.389. The van der Waals surface area contributed by atoms with Crippen LogP contribution < -0.4 is 4.74 Å². The van der Waals surface area contributed by atoms with E-state index in [1.54, 1.807) is 0 Å². The van der Waals surface area contributed by atoms with Gasteiger partial charge in [0.2, 0.25) is 0 Å². The Kier molecular flexibility index (Phi) is 9.53. The highest BCUT2D eigenvalue weighted by Gasteiger charge is 2.47. The Morgan fingerprint density at radius 3 is 2.17 bits per heavy atom. The molecule has 40 heavy (non-hydrogen) atoms.